The molecule has 0 unspecified atom stereocenters. The number of rotatable bonds is 3. The van der Waals surface area contributed by atoms with E-state index in [0.717, 1.165) is 12.8 Å². The van der Waals surface area contributed by atoms with Gasteiger partial charge in [-0.2, -0.15) is 10.5 Å². The van der Waals surface area contributed by atoms with Crippen LogP contribution >= 0.6 is 11.2 Å². The monoisotopic (exact) mass is 289 g/mol. The van der Waals surface area contributed by atoms with Gasteiger partial charge in [-0.3, -0.25) is 0 Å². The molecule has 0 radical (unpaired) electrons. The second kappa shape index (κ2) is 6.03. The highest BCUT2D eigenvalue weighted by atomic mass is 32.3. The van der Waals surface area contributed by atoms with E-state index in [1.165, 1.54) is 26.0 Å². The van der Waals surface area contributed by atoms with E-state index in [9.17, 15) is 11.7 Å². The zero-order chi connectivity index (χ0) is 14.6. The van der Waals surface area contributed by atoms with E-state index < -0.39 is 21.7 Å². The van der Waals surface area contributed by atoms with Gasteiger partial charge in [0.2, 0.25) is 11.2 Å². The number of nitrogens with zero attached hydrogens (tertiary/aromatic N) is 3. The molecule has 7 heteroatoms. The number of allylic oxidation sites excluding steroid dienone is 3. The molecule has 0 spiro atoms. The van der Waals surface area contributed by atoms with Gasteiger partial charge in [-0.15, -0.1) is 11.7 Å². The van der Waals surface area contributed by atoms with E-state index in [1.807, 2.05) is 0 Å². The van der Waals surface area contributed by atoms with Gasteiger partial charge in [0.15, 0.2) is 0 Å². The molecule has 0 atom stereocenters. The normalized spacial score (nSPS) is 17.3. The van der Waals surface area contributed by atoms with Gasteiger partial charge in [0.25, 0.3) is 0 Å². The third-order valence-electron chi connectivity index (χ3n) is 3.08. The summed E-state index contributed by atoms with van der Waals surface area (Å²) < 4.78 is 39.8. The SMILES string of the molecule is CC(=C(C#N)C#N)/C(=C(\C)N1CCCC1)S(F)(F)F. The third-order valence-corrected chi connectivity index (χ3v) is 4.14. The van der Waals surface area contributed by atoms with E-state index in [4.69, 9.17) is 10.5 Å². The minimum atomic E-state index is -5.49. The molecule has 0 aromatic heterocycles. The van der Waals surface area contributed by atoms with Crippen LogP contribution in [0.2, 0.25) is 0 Å². The predicted octanol–water partition coefficient (Wildman–Crippen LogP) is 4.14. The third kappa shape index (κ3) is 3.45. The van der Waals surface area contributed by atoms with Crippen LogP contribution in [-0.2, 0) is 0 Å². The van der Waals surface area contributed by atoms with Gasteiger partial charge in [-0.25, -0.2) is 0 Å². The van der Waals surface area contributed by atoms with Gasteiger partial charge in [0.1, 0.15) is 22.6 Å². The van der Waals surface area contributed by atoms with Crippen molar-refractivity contribution in [2.45, 2.75) is 26.7 Å². The molecule has 1 aliphatic heterocycles. The lowest BCUT2D eigenvalue weighted by Gasteiger charge is -2.25. The van der Waals surface area contributed by atoms with Crippen molar-refractivity contribution in [3.63, 3.8) is 0 Å². The molecular weight excluding hydrogens is 275 g/mol. The van der Waals surface area contributed by atoms with Gasteiger partial charge in [-0.1, -0.05) is 0 Å². The fourth-order valence-corrected chi connectivity index (χ4v) is 3.03. The van der Waals surface area contributed by atoms with Crippen LogP contribution in [0.4, 0.5) is 11.7 Å². The van der Waals surface area contributed by atoms with Crippen LogP contribution in [-0.4, -0.2) is 18.0 Å². The van der Waals surface area contributed by atoms with E-state index in [1.54, 1.807) is 4.90 Å². The Hall–Kier alpha value is -1.60. The zero-order valence-corrected chi connectivity index (χ0v) is 11.5. The summed E-state index contributed by atoms with van der Waals surface area (Å²) in [5, 5.41) is 17.5. The van der Waals surface area contributed by atoms with Crippen molar-refractivity contribution in [1.29, 1.82) is 10.5 Å². The van der Waals surface area contributed by atoms with Crippen molar-refractivity contribution < 1.29 is 11.7 Å². The van der Waals surface area contributed by atoms with Crippen LogP contribution in [0, 0.1) is 22.7 Å². The second-order valence-electron chi connectivity index (χ2n) is 4.24. The summed E-state index contributed by atoms with van der Waals surface area (Å²) in [6, 6.07) is 3.06. The van der Waals surface area contributed by atoms with Crippen molar-refractivity contribution in [2.75, 3.05) is 13.1 Å². The average Bonchev–Trinajstić information content (AvgIpc) is 2.82. The fraction of sp³-hybridized carbons (Fsp3) is 0.500. The van der Waals surface area contributed by atoms with Crippen LogP contribution in [0.25, 0.3) is 0 Å². The van der Waals surface area contributed by atoms with Crippen molar-refractivity contribution in [1.82, 2.24) is 4.90 Å². The van der Waals surface area contributed by atoms with Crippen molar-refractivity contribution in [3.05, 3.63) is 21.7 Å². The molecule has 0 aromatic carbocycles. The zero-order valence-electron chi connectivity index (χ0n) is 10.7. The topological polar surface area (TPSA) is 50.8 Å². The van der Waals surface area contributed by atoms with Gasteiger partial charge in [-0.05, 0) is 32.3 Å². The molecular formula is C12H14F3N3S. The van der Waals surface area contributed by atoms with E-state index in [2.05, 4.69) is 0 Å². The maximum atomic E-state index is 13.3. The van der Waals surface area contributed by atoms with Crippen LogP contribution in [0.5, 0.6) is 0 Å². The molecule has 0 N–H and O–H groups in total. The lowest BCUT2D eigenvalue weighted by atomic mass is 10.1. The highest BCUT2D eigenvalue weighted by Gasteiger charge is 2.34. The first-order valence-electron chi connectivity index (χ1n) is 5.72. The number of halogens is 3. The Labute approximate surface area is 112 Å². The van der Waals surface area contributed by atoms with E-state index in [0.29, 0.717) is 13.1 Å². The molecule has 0 saturated carbocycles. The first-order chi connectivity index (χ1) is 8.82. The first kappa shape index (κ1) is 15.5. The molecule has 1 fully saturated rings. The summed E-state index contributed by atoms with van der Waals surface area (Å²) in [7, 11) is 0. The van der Waals surface area contributed by atoms with Crippen LogP contribution in [0.3, 0.4) is 0 Å². The molecule has 19 heavy (non-hydrogen) atoms. The van der Waals surface area contributed by atoms with Gasteiger partial charge in [0.05, 0.1) is 0 Å². The molecule has 0 aliphatic carbocycles. The van der Waals surface area contributed by atoms with Crippen LogP contribution in [0.15, 0.2) is 21.7 Å². The smallest absolute Gasteiger partial charge is 0.239 e. The Morgan fingerprint density at radius 1 is 1.05 bits per heavy atom. The first-order valence-corrected chi connectivity index (χ1v) is 7.05. The minimum Gasteiger partial charge on any atom is -0.374 e. The quantitative estimate of drug-likeness (QED) is 0.579. The molecule has 0 bridgehead atoms. The molecule has 1 saturated heterocycles. The Morgan fingerprint density at radius 3 is 1.89 bits per heavy atom. The summed E-state index contributed by atoms with van der Waals surface area (Å²) in [5.74, 6) is 0. The lowest BCUT2D eigenvalue weighted by Crippen LogP contribution is -2.19. The van der Waals surface area contributed by atoms with Crippen molar-refractivity contribution in [2.24, 2.45) is 0 Å². The van der Waals surface area contributed by atoms with Gasteiger partial charge in [0, 0.05) is 18.8 Å². The minimum absolute atomic E-state index is 0.125. The van der Waals surface area contributed by atoms with E-state index in [-0.39, 0.29) is 11.3 Å². The van der Waals surface area contributed by atoms with Crippen LogP contribution in [0.1, 0.15) is 26.7 Å². The summed E-state index contributed by atoms with van der Waals surface area (Å²) in [4.78, 5) is 0.888. The summed E-state index contributed by atoms with van der Waals surface area (Å²) in [6.07, 6.45) is 1.73. The standard InChI is InChI=1S/C12H14F3N3S/c1-9(11(7-16)8-17)12(19(13,14)15)10(2)18-5-3-4-6-18/h3-6H2,1-2H3/b12-10-. The number of likely N-dealkylation sites (tertiary alicyclic amines) is 1. The molecule has 1 heterocycles. The number of nitriles is 2. The van der Waals surface area contributed by atoms with Crippen LogP contribution < -0.4 is 0 Å². The number of hydrogen-bond donors (Lipinski definition) is 0. The highest BCUT2D eigenvalue weighted by Crippen LogP contribution is 2.64. The Kier molecular flexibility index (Phi) is 4.90. The lowest BCUT2D eigenvalue weighted by molar-refractivity contribution is 0.424. The van der Waals surface area contributed by atoms with E-state index >= 15 is 0 Å². The molecule has 0 amide bonds. The van der Waals surface area contributed by atoms with Crippen molar-refractivity contribution >= 4 is 11.2 Å². The molecule has 104 valence electrons. The van der Waals surface area contributed by atoms with Gasteiger partial charge < -0.3 is 4.90 Å². The maximum absolute atomic E-state index is 13.3. The predicted molar refractivity (Wildman–Crippen MR) is 68.3 cm³/mol. The Bertz CT molecular complexity index is 484. The summed E-state index contributed by atoms with van der Waals surface area (Å²) in [6.45, 7) is 3.79. The maximum Gasteiger partial charge on any atom is 0.239 e. The largest absolute Gasteiger partial charge is 0.374 e. The molecule has 1 rings (SSSR count). The summed E-state index contributed by atoms with van der Waals surface area (Å²) in [5.41, 5.74) is -0.615. The fourth-order valence-electron chi connectivity index (χ4n) is 2.11. The average molecular weight is 289 g/mol. The van der Waals surface area contributed by atoms with Gasteiger partial charge >= 0.3 is 0 Å². The Balaban J connectivity index is 3.40. The molecule has 1 aliphatic rings. The summed E-state index contributed by atoms with van der Waals surface area (Å²) >= 11 is -5.49. The molecule has 3 nitrogen and oxygen atoms in total. The second-order valence-corrected chi connectivity index (χ2v) is 5.46. The highest BCUT2D eigenvalue weighted by molar-refractivity contribution is 8.24. The van der Waals surface area contributed by atoms with Crippen molar-refractivity contribution in [3.8, 4) is 12.1 Å². The molecule has 0 aromatic rings. The Morgan fingerprint density at radius 2 is 1.53 bits per heavy atom. The number of hydrogen-bond acceptors (Lipinski definition) is 3.